The number of nitrogens with one attached hydrogen (secondary N) is 1. The van der Waals surface area contributed by atoms with Crippen molar-refractivity contribution in [1.82, 2.24) is 14.9 Å². The third-order valence-corrected chi connectivity index (χ3v) is 6.45. The summed E-state index contributed by atoms with van der Waals surface area (Å²) in [5.74, 6) is 1.96. The maximum atomic E-state index is 5.71. The van der Waals surface area contributed by atoms with Crippen molar-refractivity contribution >= 4 is 45.1 Å². The molecule has 0 radical (unpaired) electrons. The minimum Gasteiger partial charge on any atom is -0.486 e. The number of hydrogen-bond acceptors (Lipinski definition) is 5. The summed E-state index contributed by atoms with van der Waals surface area (Å²) in [6.45, 7) is 2.99. The molecule has 3 heterocycles. The number of likely N-dealkylation sites (tertiary alicyclic amines) is 1. The van der Waals surface area contributed by atoms with Crippen molar-refractivity contribution in [3.05, 3.63) is 66.2 Å². The molecule has 1 fully saturated rings. The summed E-state index contributed by atoms with van der Waals surface area (Å²) >= 11 is 5.71. The number of anilines is 1. The van der Waals surface area contributed by atoms with Crippen LogP contribution in [0.3, 0.4) is 0 Å². The maximum absolute atomic E-state index is 5.71. The Morgan fingerprint density at radius 1 is 0.875 bits per heavy atom. The number of thiocarbonyl (C=S) groups is 1. The number of rotatable bonds is 2. The predicted molar refractivity (Wildman–Crippen MR) is 130 cm³/mol. The van der Waals surface area contributed by atoms with Crippen molar-refractivity contribution in [3.63, 3.8) is 0 Å². The first-order valence-electron chi connectivity index (χ1n) is 10.8. The molecule has 0 saturated carbocycles. The van der Waals surface area contributed by atoms with Crippen molar-refractivity contribution in [2.75, 3.05) is 31.6 Å². The topological polar surface area (TPSA) is 59.5 Å². The van der Waals surface area contributed by atoms with Crippen LogP contribution in [0, 0.1) is 0 Å². The third kappa shape index (κ3) is 3.58. The molecule has 1 atom stereocenters. The summed E-state index contributed by atoms with van der Waals surface area (Å²) in [7, 11) is 0. The number of ether oxygens (including phenoxy) is 2. The molecule has 6 nitrogen and oxygen atoms in total. The van der Waals surface area contributed by atoms with Crippen LogP contribution in [0.5, 0.6) is 11.5 Å². The van der Waals surface area contributed by atoms with Gasteiger partial charge in [0.2, 0.25) is 0 Å². The fourth-order valence-corrected chi connectivity index (χ4v) is 4.72. The fourth-order valence-electron chi connectivity index (χ4n) is 4.44. The highest BCUT2D eigenvalue weighted by atomic mass is 32.1. The number of nitrogens with zero attached hydrogens (tertiary/aromatic N) is 3. The Kier molecular flexibility index (Phi) is 4.76. The van der Waals surface area contributed by atoms with Crippen molar-refractivity contribution in [2.45, 2.75) is 12.3 Å². The lowest BCUT2D eigenvalue weighted by atomic mass is 9.99. The van der Waals surface area contributed by atoms with Crippen LogP contribution in [0.1, 0.15) is 17.9 Å². The molecule has 0 spiro atoms. The average molecular weight is 443 g/mol. The summed E-state index contributed by atoms with van der Waals surface area (Å²) in [5.41, 5.74) is 5.51. The maximum Gasteiger partial charge on any atom is 0.173 e. The molecule has 7 heteroatoms. The number of benzene rings is 3. The Labute approximate surface area is 191 Å². The largest absolute Gasteiger partial charge is 0.486 e. The number of hydrogen-bond donors (Lipinski definition) is 1. The lowest BCUT2D eigenvalue weighted by Crippen LogP contribution is -2.32. The SMILES string of the molecule is S=C(Nc1ccc2nc3cc4c(cc3nc2c1)OCCO4)N1CC[C@@H](c2ccccc2)C1. The van der Waals surface area contributed by atoms with Gasteiger partial charge in [-0.2, -0.15) is 0 Å². The van der Waals surface area contributed by atoms with Crippen molar-refractivity contribution in [2.24, 2.45) is 0 Å². The first-order valence-corrected chi connectivity index (χ1v) is 11.3. The molecule has 0 unspecified atom stereocenters. The molecule has 0 bridgehead atoms. The average Bonchev–Trinajstić information content (AvgIpc) is 3.33. The zero-order valence-corrected chi connectivity index (χ0v) is 18.3. The Balaban J connectivity index is 1.22. The fraction of sp³-hybridized carbons (Fsp3) is 0.240. The van der Waals surface area contributed by atoms with Crippen molar-refractivity contribution in [1.29, 1.82) is 0 Å². The molecule has 1 aromatic heterocycles. The molecule has 160 valence electrons. The first kappa shape index (κ1) is 19.3. The van der Waals surface area contributed by atoms with Gasteiger partial charge in [-0.3, -0.25) is 0 Å². The Morgan fingerprint density at radius 2 is 1.56 bits per heavy atom. The second-order valence-electron chi connectivity index (χ2n) is 8.18. The highest BCUT2D eigenvalue weighted by Crippen LogP contribution is 2.34. The van der Waals surface area contributed by atoms with Crippen LogP contribution >= 0.6 is 12.2 Å². The first-order chi connectivity index (χ1) is 15.7. The zero-order valence-electron chi connectivity index (χ0n) is 17.5. The molecule has 1 saturated heterocycles. The summed E-state index contributed by atoms with van der Waals surface area (Å²) in [5, 5.41) is 4.14. The van der Waals surface area contributed by atoms with E-state index in [9.17, 15) is 0 Å². The highest BCUT2D eigenvalue weighted by molar-refractivity contribution is 7.80. The normalized spacial score (nSPS) is 17.6. The summed E-state index contributed by atoms with van der Waals surface area (Å²) in [6, 6.07) is 20.4. The van der Waals surface area contributed by atoms with E-state index in [0.29, 0.717) is 19.1 Å². The van der Waals surface area contributed by atoms with E-state index in [2.05, 4.69) is 40.5 Å². The van der Waals surface area contributed by atoms with E-state index in [0.717, 1.165) is 63.9 Å². The van der Waals surface area contributed by atoms with Gasteiger partial charge in [0, 0.05) is 36.8 Å². The van der Waals surface area contributed by atoms with E-state index >= 15 is 0 Å². The molecule has 4 aromatic rings. The molecular weight excluding hydrogens is 420 g/mol. The molecule has 2 aliphatic rings. The number of fused-ring (bicyclic) bond motifs is 3. The van der Waals surface area contributed by atoms with Gasteiger partial charge in [-0.1, -0.05) is 30.3 Å². The molecule has 32 heavy (non-hydrogen) atoms. The van der Waals surface area contributed by atoms with Gasteiger partial charge in [0.25, 0.3) is 0 Å². The van der Waals surface area contributed by atoms with Crippen LogP contribution in [0.4, 0.5) is 5.69 Å². The summed E-state index contributed by atoms with van der Waals surface area (Å²) in [4.78, 5) is 11.8. The second kappa shape index (κ2) is 7.91. The molecular formula is C25H22N4O2S. The van der Waals surface area contributed by atoms with E-state index in [-0.39, 0.29) is 0 Å². The van der Waals surface area contributed by atoms with Gasteiger partial charge >= 0.3 is 0 Å². The van der Waals surface area contributed by atoms with E-state index < -0.39 is 0 Å². The van der Waals surface area contributed by atoms with Crippen LogP contribution in [0.25, 0.3) is 22.1 Å². The zero-order chi connectivity index (χ0) is 21.5. The van der Waals surface area contributed by atoms with E-state index in [1.807, 2.05) is 30.3 Å². The number of aromatic nitrogens is 2. The van der Waals surface area contributed by atoms with Gasteiger partial charge in [0.1, 0.15) is 13.2 Å². The van der Waals surface area contributed by atoms with Gasteiger partial charge in [0.15, 0.2) is 16.6 Å². The van der Waals surface area contributed by atoms with Gasteiger partial charge in [-0.25, -0.2) is 9.97 Å². The van der Waals surface area contributed by atoms with E-state index in [1.54, 1.807) is 0 Å². The van der Waals surface area contributed by atoms with Gasteiger partial charge in [-0.05, 0) is 42.4 Å². The molecule has 0 amide bonds. The Bertz CT molecular complexity index is 1330. The van der Waals surface area contributed by atoms with E-state index in [1.165, 1.54) is 5.56 Å². The quantitative estimate of drug-likeness (QED) is 0.355. The highest BCUT2D eigenvalue weighted by Gasteiger charge is 2.25. The lowest BCUT2D eigenvalue weighted by Gasteiger charge is -2.21. The minimum atomic E-state index is 0.516. The Hall–Kier alpha value is -3.45. The van der Waals surface area contributed by atoms with Gasteiger partial charge in [0.05, 0.1) is 22.1 Å². The molecule has 1 N–H and O–H groups in total. The standard InChI is InChI=1S/C25H22N4O2S/c32-25(29-9-8-17(15-29)16-4-2-1-3-5-16)26-18-6-7-19-20(12-18)28-22-14-24-23(13-21(22)27-19)30-10-11-31-24/h1-7,12-14,17H,8-11,15H2,(H,26,32)/t17-/m1/s1. The van der Waals surface area contributed by atoms with Crippen LogP contribution in [-0.2, 0) is 0 Å². The van der Waals surface area contributed by atoms with Crippen LogP contribution in [0.15, 0.2) is 60.7 Å². The molecule has 6 rings (SSSR count). The lowest BCUT2D eigenvalue weighted by molar-refractivity contribution is 0.172. The monoisotopic (exact) mass is 442 g/mol. The second-order valence-corrected chi connectivity index (χ2v) is 8.57. The van der Waals surface area contributed by atoms with Gasteiger partial charge < -0.3 is 19.7 Å². The van der Waals surface area contributed by atoms with Crippen LogP contribution in [-0.4, -0.2) is 46.3 Å². The van der Waals surface area contributed by atoms with E-state index in [4.69, 9.17) is 31.7 Å². The minimum absolute atomic E-state index is 0.516. The smallest absolute Gasteiger partial charge is 0.173 e. The van der Waals surface area contributed by atoms with Gasteiger partial charge in [-0.15, -0.1) is 0 Å². The third-order valence-electron chi connectivity index (χ3n) is 6.09. The molecule has 3 aromatic carbocycles. The predicted octanol–water partition coefficient (Wildman–Crippen LogP) is 4.74. The summed E-state index contributed by atoms with van der Waals surface area (Å²) in [6.07, 6.45) is 1.11. The molecule has 2 aliphatic heterocycles. The van der Waals surface area contributed by atoms with Crippen molar-refractivity contribution in [3.8, 4) is 11.5 Å². The molecule has 0 aliphatic carbocycles. The Morgan fingerprint density at radius 3 is 2.31 bits per heavy atom. The van der Waals surface area contributed by atoms with Crippen LogP contribution < -0.4 is 14.8 Å². The summed E-state index contributed by atoms with van der Waals surface area (Å²) < 4.78 is 11.4. The van der Waals surface area contributed by atoms with Crippen LogP contribution in [0.2, 0.25) is 0 Å². The van der Waals surface area contributed by atoms with Crippen molar-refractivity contribution < 1.29 is 9.47 Å².